The molecule has 1 aromatic heterocycles. The van der Waals surface area contributed by atoms with Gasteiger partial charge in [0.1, 0.15) is 0 Å². The highest BCUT2D eigenvalue weighted by Crippen LogP contribution is 2.35. The van der Waals surface area contributed by atoms with Gasteiger partial charge in [-0.05, 0) is 29.8 Å². The van der Waals surface area contributed by atoms with Crippen molar-refractivity contribution < 1.29 is 22.4 Å². The molecule has 1 N–H and O–H groups in total. The first-order valence-electron chi connectivity index (χ1n) is 7.16. The molecule has 9 heteroatoms. The van der Waals surface area contributed by atoms with Crippen LogP contribution in [0.1, 0.15) is 0 Å². The maximum Gasteiger partial charge on any atom is 0.264 e. The topological polar surface area (TPSA) is 90.7 Å². The van der Waals surface area contributed by atoms with Crippen LogP contribution in [0.5, 0.6) is 11.5 Å². The van der Waals surface area contributed by atoms with Crippen LogP contribution < -0.4 is 14.2 Å². The first-order chi connectivity index (χ1) is 12.0. The monoisotopic (exact) mass is 378 g/mol. The van der Waals surface area contributed by atoms with Crippen molar-refractivity contribution in [1.29, 1.82) is 0 Å². The number of anilines is 1. The highest BCUT2D eigenvalue weighted by atomic mass is 35.5. The van der Waals surface area contributed by atoms with Crippen molar-refractivity contribution in [2.75, 3.05) is 11.5 Å². The summed E-state index contributed by atoms with van der Waals surface area (Å²) in [6.45, 7) is 0.0646. The standard InChI is InChI=1S/C16H11ClN2O5S/c17-11-3-1-10(2-4-11)13-8-18-24-16(13)19-25(20,21)12-5-6-14-15(7-12)23-9-22-14/h1-8,19H,9H2. The second-order valence-corrected chi connectivity index (χ2v) is 7.31. The molecule has 128 valence electrons. The summed E-state index contributed by atoms with van der Waals surface area (Å²) in [7, 11) is -3.89. The Morgan fingerprint density at radius 1 is 1.04 bits per heavy atom. The molecule has 0 bridgehead atoms. The van der Waals surface area contributed by atoms with E-state index in [0.29, 0.717) is 27.6 Å². The summed E-state index contributed by atoms with van der Waals surface area (Å²) in [4.78, 5) is 0.0233. The van der Waals surface area contributed by atoms with Crippen LogP contribution in [0, 0.1) is 0 Å². The minimum atomic E-state index is -3.89. The van der Waals surface area contributed by atoms with Crippen molar-refractivity contribution in [2.45, 2.75) is 4.90 Å². The zero-order chi connectivity index (χ0) is 17.4. The van der Waals surface area contributed by atoms with Gasteiger partial charge in [-0.1, -0.05) is 28.9 Å². The number of aromatic nitrogens is 1. The Morgan fingerprint density at radius 2 is 1.80 bits per heavy atom. The number of rotatable bonds is 4. The first-order valence-corrected chi connectivity index (χ1v) is 9.02. The van der Waals surface area contributed by atoms with Gasteiger partial charge in [-0.2, -0.15) is 0 Å². The smallest absolute Gasteiger partial charge is 0.264 e. The molecule has 25 heavy (non-hydrogen) atoms. The Balaban J connectivity index is 1.66. The molecule has 7 nitrogen and oxygen atoms in total. The molecule has 2 aromatic carbocycles. The van der Waals surface area contributed by atoms with Gasteiger partial charge in [-0.15, -0.1) is 0 Å². The van der Waals surface area contributed by atoms with Gasteiger partial charge in [0.2, 0.25) is 12.7 Å². The Labute approximate surface area is 148 Å². The molecule has 0 fully saturated rings. The van der Waals surface area contributed by atoms with Crippen molar-refractivity contribution >= 4 is 27.5 Å². The van der Waals surface area contributed by atoms with Gasteiger partial charge in [0.25, 0.3) is 10.0 Å². The number of sulfonamides is 1. The van der Waals surface area contributed by atoms with Crippen LogP contribution in [0.15, 0.2) is 58.1 Å². The summed E-state index contributed by atoms with van der Waals surface area (Å²) in [5, 5.41) is 4.25. The Kier molecular flexibility index (Phi) is 3.78. The lowest BCUT2D eigenvalue weighted by Crippen LogP contribution is -2.13. The van der Waals surface area contributed by atoms with Crippen molar-refractivity contribution in [3.8, 4) is 22.6 Å². The first kappa shape index (κ1) is 15.8. The summed E-state index contributed by atoms with van der Waals surface area (Å²) in [6, 6.07) is 11.2. The number of hydrogen-bond acceptors (Lipinski definition) is 6. The highest BCUT2D eigenvalue weighted by molar-refractivity contribution is 7.92. The zero-order valence-electron chi connectivity index (χ0n) is 12.6. The minimum absolute atomic E-state index is 0.0139. The van der Waals surface area contributed by atoms with E-state index < -0.39 is 10.0 Å². The molecule has 3 aromatic rings. The number of nitrogens with zero attached hydrogens (tertiary/aromatic N) is 1. The molecule has 0 unspecified atom stereocenters. The van der Waals surface area contributed by atoms with Gasteiger partial charge in [0.15, 0.2) is 11.5 Å². The van der Waals surface area contributed by atoms with Gasteiger partial charge < -0.3 is 14.0 Å². The van der Waals surface area contributed by atoms with Crippen molar-refractivity contribution in [3.63, 3.8) is 0 Å². The van der Waals surface area contributed by atoms with E-state index in [1.54, 1.807) is 24.3 Å². The van der Waals surface area contributed by atoms with E-state index in [1.165, 1.54) is 24.4 Å². The van der Waals surface area contributed by atoms with Crippen LogP contribution in [0.25, 0.3) is 11.1 Å². The molecule has 2 heterocycles. The molecule has 0 saturated heterocycles. The summed E-state index contributed by atoms with van der Waals surface area (Å²) in [6.07, 6.45) is 1.43. The third-order valence-electron chi connectivity index (χ3n) is 3.61. The zero-order valence-corrected chi connectivity index (χ0v) is 14.2. The lowest BCUT2D eigenvalue weighted by Gasteiger charge is -2.07. The second-order valence-electron chi connectivity index (χ2n) is 5.20. The van der Waals surface area contributed by atoms with Crippen LogP contribution in [0.2, 0.25) is 5.02 Å². The molecule has 0 aliphatic carbocycles. The van der Waals surface area contributed by atoms with Crippen molar-refractivity contribution in [2.24, 2.45) is 0 Å². The van der Waals surface area contributed by atoms with Crippen LogP contribution in [0.4, 0.5) is 5.88 Å². The van der Waals surface area contributed by atoms with E-state index in [9.17, 15) is 8.42 Å². The fourth-order valence-corrected chi connectivity index (χ4v) is 3.52. The van der Waals surface area contributed by atoms with Gasteiger partial charge in [0, 0.05) is 11.1 Å². The molecule has 0 saturated carbocycles. The van der Waals surface area contributed by atoms with Gasteiger partial charge in [-0.25, -0.2) is 13.1 Å². The van der Waals surface area contributed by atoms with Gasteiger partial charge >= 0.3 is 0 Å². The number of halogens is 1. The lowest BCUT2D eigenvalue weighted by atomic mass is 10.1. The molecule has 1 aliphatic heterocycles. The fourth-order valence-electron chi connectivity index (χ4n) is 2.37. The Morgan fingerprint density at radius 3 is 2.60 bits per heavy atom. The average molecular weight is 379 g/mol. The summed E-state index contributed by atoms with van der Waals surface area (Å²) in [5.41, 5.74) is 1.22. The number of hydrogen-bond donors (Lipinski definition) is 1. The van der Waals surface area contributed by atoms with E-state index in [0.717, 1.165) is 0 Å². The fraction of sp³-hybridized carbons (Fsp3) is 0.0625. The highest BCUT2D eigenvalue weighted by Gasteiger charge is 2.23. The maximum atomic E-state index is 12.6. The molecular formula is C16H11ClN2O5S. The number of ether oxygens (including phenoxy) is 2. The largest absolute Gasteiger partial charge is 0.454 e. The number of benzene rings is 2. The SMILES string of the molecule is O=S(=O)(Nc1oncc1-c1ccc(Cl)cc1)c1ccc2c(c1)OCO2. The predicted molar refractivity (Wildman–Crippen MR) is 90.3 cm³/mol. The van der Waals surface area contributed by atoms with E-state index in [-0.39, 0.29) is 17.6 Å². The third-order valence-corrected chi connectivity index (χ3v) is 5.19. The van der Waals surface area contributed by atoms with E-state index >= 15 is 0 Å². The van der Waals surface area contributed by atoms with E-state index in [1.807, 2.05) is 0 Å². The molecule has 1 aliphatic rings. The van der Waals surface area contributed by atoms with Crippen LogP contribution >= 0.6 is 11.6 Å². The summed E-state index contributed by atoms with van der Waals surface area (Å²) in [5.74, 6) is 0.888. The minimum Gasteiger partial charge on any atom is -0.454 e. The number of fused-ring (bicyclic) bond motifs is 1. The molecule has 0 radical (unpaired) electrons. The molecule has 4 rings (SSSR count). The van der Waals surface area contributed by atoms with Gasteiger partial charge in [0.05, 0.1) is 16.7 Å². The van der Waals surface area contributed by atoms with Crippen molar-refractivity contribution in [1.82, 2.24) is 5.16 Å². The second kappa shape index (κ2) is 5.98. The van der Waals surface area contributed by atoms with E-state index in [2.05, 4.69) is 9.88 Å². The Hall–Kier alpha value is -2.71. The van der Waals surface area contributed by atoms with Crippen LogP contribution in [0.3, 0.4) is 0 Å². The van der Waals surface area contributed by atoms with Crippen LogP contribution in [-0.2, 0) is 10.0 Å². The third kappa shape index (κ3) is 3.01. The summed E-state index contributed by atoms with van der Waals surface area (Å²) >= 11 is 5.87. The molecule has 0 amide bonds. The number of nitrogens with one attached hydrogen (secondary N) is 1. The van der Waals surface area contributed by atoms with E-state index in [4.69, 9.17) is 25.6 Å². The molecular weight excluding hydrogens is 368 g/mol. The normalized spacial score (nSPS) is 13.0. The molecule has 0 atom stereocenters. The van der Waals surface area contributed by atoms with Crippen molar-refractivity contribution in [3.05, 3.63) is 53.7 Å². The predicted octanol–water partition coefficient (Wildman–Crippen LogP) is 3.52. The van der Waals surface area contributed by atoms with Crippen LogP contribution in [-0.4, -0.2) is 20.4 Å². The maximum absolute atomic E-state index is 12.6. The quantitative estimate of drug-likeness (QED) is 0.746. The lowest BCUT2D eigenvalue weighted by molar-refractivity contribution is 0.174. The summed E-state index contributed by atoms with van der Waals surface area (Å²) < 4.78 is 43.1. The average Bonchev–Trinajstić information content (AvgIpc) is 3.23. The molecule has 0 spiro atoms. The van der Waals surface area contributed by atoms with Gasteiger partial charge in [-0.3, -0.25) is 0 Å². The Bertz CT molecular complexity index is 1030.